The van der Waals surface area contributed by atoms with E-state index < -0.39 is 0 Å². The van der Waals surface area contributed by atoms with Gasteiger partial charge in [-0.05, 0) is 12.1 Å². The highest BCUT2D eigenvalue weighted by molar-refractivity contribution is 9.10. The van der Waals surface area contributed by atoms with E-state index in [1.54, 1.807) is 6.07 Å². The van der Waals surface area contributed by atoms with Crippen molar-refractivity contribution in [2.75, 3.05) is 39.4 Å². The third-order valence-corrected chi connectivity index (χ3v) is 3.46. The molecule has 0 amide bonds. The number of morpholine rings is 1. The van der Waals surface area contributed by atoms with Crippen LogP contribution in [-0.4, -0.2) is 50.4 Å². The van der Waals surface area contributed by atoms with Gasteiger partial charge in [0.1, 0.15) is 18.2 Å². The summed E-state index contributed by atoms with van der Waals surface area (Å²) in [7, 11) is 0. The first-order valence-electron chi connectivity index (χ1n) is 6.30. The third kappa shape index (κ3) is 4.72. The molecule has 2 rings (SSSR count). The van der Waals surface area contributed by atoms with E-state index in [-0.39, 0.29) is 11.9 Å². The normalized spacial score (nSPS) is 20.5. The molecule has 0 aliphatic carbocycles. The molecule has 1 atom stereocenters. The minimum atomic E-state index is -0.307. The SMILES string of the molecule is NCC1CN(CCOc2cc(F)cc(Br)c2)CCO1. The first kappa shape index (κ1) is 14.7. The maximum atomic E-state index is 13.2. The number of hydrogen-bond acceptors (Lipinski definition) is 4. The van der Waals surface area contributed by atoms with Crippen LogP contribution < -0.4 is 10.5 Å². The highest BCUT2D eigenvalue weighted by atomic mass is 79.9. The molecule has 0 radical (unpaired) electrons. The molecule has 6 heteroatoms. The predicted molar refractivity (Wildman–Crippen MR) is 74.8 cm³/mol. The molecule has 0 spiro atoms. The van der Waals surface area contributed by atoms with Gasteiger partial charge in [-0.1, -0.05) is 15.9 Å². The standard InChI is InChI=1S/C13H18BrFN2O2/c14-10-5-11(15)7-12(6-10)18-3-1-17-2-4-19-13(8-16)9-17/h5-7,13H,1-4,8-9,16H2. The second-order valence-electron chi connectivity index (χ2n) is 4.48. The Balaban J connectivity index is 1.76. The molecule has 1 aliphatic heterocycles. The number of rotatable bonds is 5. The Morgan fingerprint density at radius 2 is 2.32 bits per heavy atom. The fourth-order valence-electron chi connectivity index (χ4n) is 2.03. The van der Waals surface area contributed by atoms with Crippen molar-refractivity contribution in [3.8, 4) is 5.75 Å². The zero-order valence-electron chi connectivity index (χ0n) is 10.6. The van der Waals surface area contributed by atoms with E-state index in [1.807, 2.05) is 0 Å². The van der Waals surface area contributed by atoms with Gasteiger partial charge in [-0.25, -0.2) is 4.39 Å². The van der Waals surface area contributed by atoms with Crippen molar-refractivity contribution in [2.24, 2.45) is 5.73 Å². The topological polar surface area (TPSA) is 47.7 Å². The number of hydrogen-bond donors (Lipinski definition) is 1. The highest BCUT2D eigenvalue weighted by Crippen LogP contribution is 2.20. The molecule has 1 aromatic carbocycles. The molecule has 106 valence electrons. The van der Waals surface area contributed by atoms with Crippen molar-refractivity contribution in [1.82, 2.24) is 4.90 Å². The summed E-state index contributed by atoms with van der Waals surface area (Å²) in [6.45, 7) is 4.25. The van der Waals surface area contributed by atoms with E-state index in [2.05, 4.69) is 20.8 Å². The smallest absolute Gasteiger partial charge is 0.128 e. The van der Waals surface area contributed by atoms with Gasteiger partial charge in [0.05, 0.1) is 12.7 Å². The lowest BCUT2D eigenvalue weighted by Crippen LogP contribution is -2.46. The van der Waals surface area contributed by atoms with E-state index in [9.17, 15) is 4.39 Å². The Morgan fingerprint density at radius 3 is 3.05 bits per heavy atom. The van der Waals surface area contributed by atoms with Crippen LogP contribution in [0.3, 0.4) is 0 Å². The molecule has 1 aromatic rings. The molecule has 0 bridgehead atoms. The minimum absolute atomic E-state index is 0.108. The lowest BCUT2D eigenvalue weighted by molar-refractivity contribution is -0.0261. The van der Waals surface area contributed by atoms with Crippen LogP contribution in [0.15, 0.2) is 22.7 Å². The van der Waals surface area contributed by atoms with E-state index in [1.165, 1.54) is 12.1 Å². The molecule has 2 N–H and O–H groups in total. The van der Waals surface area contributed by atoms with Crippen molar-refractivity contribution in [3.63, 3.8) is 0 Å². The summed E-state index contributed by atoms with van der Waals surface area (Å²) >= 11 is 3.24. The Bertz CT molecular complexity index is 399. The maximum absolute atomic E-state index is 13.2. The second-order valence-corrected chi connectivity index (χ2v) is 5.40. The van der Waals surface area contributed by atoms with Crippen molar-refractivity contribution < 1.29 is 13.9 Å². The van der Waals surface area contributed by atoms with Crippen LogP contribution >= 0.6 is 15.9 Å². The van der Waals surface area contributed by atoms with Gasteiger partial charge in [-0.3, -0.25) is 4.90 Å². The van der Waals surface area contributed by atoms with E-state index in [0.29, 0.717) is 30.0 Å². The maximum Gasteiger partial charge on any atom is 0.128 e. The molecule has 19 heavy (non-hydrogen) atoms. The quantitative estimate of drug-likeness (QED) is 0.890. The lowest BCUT2D eigenvalue weighted by Gasteiger charge is -2.32. The average Bonchev–Trinajstić information content (AvgIpc) is 2.38. The second kappa shape index (κ2) is 7.19. The lowest BCUT2D eigenvalue weighted by atomic mass is 10.3. The number of benzene rings is 1. The largest absolute Gasteiger partial charge is 0.492 e. The van der Waals surface area contributed by atoms with Crippen LogP contribution in [0.4, 0.5) is 4.39 Å². The zero-order chi connectivity index (χ0) is 13.7. The summed E-state index contributed by atoms with van der Waals surface area (Å²) in [5, 5.41) is 0. The fourth-order valence-corrected chi connectivity index (χ4v) is 2.47. The summed E-state index contributed by atoms with van der Waals surface area (Å²) in [6, 6.07) is 4.54. The highest BCUT2D eigenvalue weighted by Gasteiger charge is 2.18. The molecule has 0 aromatic heterocycles. The van der Waals surface area contributed by atoms with Crippen molar-refractivity contribution >= 4 is 15.9 Å². The van der Waals surface area contributed by atoms with Crippen molar-refractivity contribution in [2.45, 2.75) is 6.10 Å². The summed E-state index contributed by atoms with van der Waals surface area (Å²) in [5.74, 6) is 0.231. The molecule has 1 heterocycles. The van der Waals surface area contributed by atoms with Gasteiger partial charge in [0.15, 0.2) is 0 Å². The van der Waals surface area contributed by atoms with Gasteiger partial charge in [0.25, 0.3) is 0 Å². The summed E-state index contributed by atoms with van der Waals surface area (Å²) in [6.07, 6.45) is 0.108. The van der Waals surface area contributed by atoms with Gasteiger partial charge in [0.2, 0.25) is 0 Å². The Morgan fingerprint density at radius 1 is 1.47 bits per heavy atom. The fraction of sp³-hybridized carbons (Fsp3) is 0.538. The van der Waals surface area contributed by atoms with E-state index in [4.69, 9.17) is 15.2 Å². The Labute approximate surface area is 120 Å². The van der Waals surface area contributed by atoms with Crippen LogP contribution in [0.5, 0.6) is 5.75 Å². The molecular weight excluding hydrogens is 315 g/mol. The Kier molecular flexibility index (Phi) is 5.57. The minimum Gasteiger partial charge on any atom is -0.492 e. The van der Waals surface area contributed by atoms with Crippen LogP contribution in [0.1, 0.15) is 0 Å². The first-order valence-corrected chi connectivity index (χ1v) is 7.09. The summed E-state index contributed by atoms with van der Waals surface area (Å²) in [5.41, 5.74) is 5.59. The zero-order valence-corrected chi connectivity index (χ0v) is 12.2. The van der Waals surface area contributed by atoms with Crippen LogP contribution in [-0.2, 0) is 4.74 Å². The molecule has 0 saturated carbocycles. The van der Waals surface area contributed by atoms with E-state index in [0.717, 1.165) is 19.6 Å². The van der Waals surface area contributed by atoms with Gasteiger partial charge >= 0.3 is 0 Å². The van der Waals surface area contributed by atoms with Crippen molar-refractivity contribution in [1.29, 1.82) is 0 Å². The van der Waals surface area contributed by atoms with Gasteiger partial charge in [0, 0.05) is 36.7 Å². The Hall–Kier alpha value is -0.690. The molecule has 1 saturated heterocycles. The number of nitrogens with zero attached hydrogens (tertiary/aromatic N) is 1. The number of ether oxygens (including phenoxy) is 2. The number of halogens is 2. The van der Waals surface area contributed by atoms with Gasteiger partial charge in [-0.15, -0.1) is 0 Å². The summed E-state index contributed by atoms with van der Waals surface area (Å²) < 4.78 is 24.9. The molecule has 1 unspecified atom stereocenters. The molecular formula is C13H18BrFN2O2. The average molecular weight is 333 g/mol. The molecule has 1 fully saturated rings. The van der Waals surface area contributed by atoms with Crippen molar-refractivity contribution in [3.05, 3.63) is 28.5 Å². The first-order chi connectivity index (χ1) is 9.17. The van der Waals surface area contributed by atoms with Crippen LogP contribution in [0.2, 0.25) is 0 Å². The monoisotopic (exact) mass is 332 g/mol. The van der Waals surface area contributed by atoms with Crippen LogP contribution in [0.25, 0.3) is 0 Å². The number of nitrogens with two attached hydrogens (primary N) is 1. The van der Waals surface area contributed by atoms with Gasteiger partial charge in [-0.2, -0.15) is 0 Å². The molecule has 4 nitrogen and oxygen atoms in total. The summed E-state index contributed by atoms with van der Waals surface area (Å²) in [4.78, 5) is 2.25. The third-order valence-electron chi connectivity index (χ3n) is 3.00. The molecule has 1 aliphatic rings. The van der Waals surface area contributed by atoms with E-state index >= 15 is 0 Å². The van der Waals surface area contributed by atoms with Crippen LogP contribution in [0, 0.1) is 5.82 Å². The van der Waals surface area contributed by atoms with Gasteiger partial charge < -0.3 is 15.2 Å². The predicted octanol–water partition coefficient (Wildman–Crippen LogP) is 1.63.